The zero-order valence-electron chi connectivity index (χ0n) is 13.5. The van der Waals surface area contributed by atoms with Crippen molar-refractivity contribution in [3.05, 3.63) is 34.2 Å². The fourth-order valence-electron chi connectivity index (χ4n) is 2.64. The standard InChI is InChI=1S/C18H25NOS/c1-18(2,3)12-5-8-16-14(9-12)15(11-20-4)17(21-16)10-19-13-6-7-13/h5,8-9,13,19H,6-7,10-11H2,1-4H3. The third-order valence-corrected chi connectivity index (χ3v) is 5.37. The highest BCUT2D eigenvalue weighted by molar-refractivity contribution is 7.19. The van der Waals surface area contributed by atoms with E-state index in [1.807, 2.05) is 11.3 Å². The molecule has 0 spiro atoms. The van der Waals surface area contributed by atoms with Gasteiger partial charge in [-0.15, -0.1) is 11.3 Å². The maximum absolute atomic E-state index is 5.46. The van der Waals surface area contributed by atoms with Crippen molar-refractivity contribution in [1.29, 1.82) is 0 Å². The van der Waals surface area contributed by atoms with Crippen LogP contribution in [0.15, 0.2) is 18.2 Å². The fraction of sp³-hybridized carbons (Fsp3) is 0.556. The van der Waals surface area contributed by atoms with Crippen LogP contribution in [0.5, 0.6) is 0 Å². The van der Waals surface area contributed by atoms with Gasteiger partial charge in [-0.2, -0.15) is 0 Å². The van der Waals surface area contributed by atoms with Gasteiger partial charge >= 0.3 is 0 Å². The highest BCUT2D eigenvalue weighted by Crippen LogP contribution is 2.35. The lowest BCUT2D eigenvalue weighted by Crippen LogP contribution is -2.15. The molecule has 1 aromatic carbocycles. The number of rotatable bonds is 5. The summed E-state index contributed by atoms with van der Waals surface area (Å²) < 4.78 is 6.84. The van der Waals surface area contributed by atoms with Gasteiger partial charge in [0.15, 0.2) is 0 Å². The minimum atomic E-state index is 0.187. The Labute approximate surface area is 131 Å². The lowest BCUT2D eigenvalue weighted by atomic mass is 9.86. The van der Waals surface area contributed by atoms with E-state index in [0.717, 1.165) is 12.6 Å². The van der Waals surface area contributed by atoms with Gasteiger partial charge < -0.3 is 10.1 Å². The average Bonchev–Trinajstić information content (AvgIpc) is 3.19. The maximum atomic E-state index is 5.46. The van der Waals surface area contributed by atoms with Crippen molar-refractivity contribution in [2.75, 3.05) is 7.11 Å². The largest absolute Gasteiger partial charge is 0.380 e. The second-order valence-corrected chi connectivity index (χ2v) is 8.19. The topological polar surface area (TPSA) is 21.3 Å². The summed E-state index contributed by atoms with van der Waals surface area (Å²) in [4.78, 5) is 1.44. The first kappa shape index (κ1) is 15.0. The normalized spacial score (nSPS) is 15.8. The highest BCUT2D eigenvalue weighted by Gasteiger charge is 2.22. The number of hydrogen-bond acceptors (Lipinski definition) is 3. The number of fused-ring (bicyclic) bond motifs is 1. The van der Waals surface area contributed by atoms with E-state index in [1.165, 1.54) is 38.9 Å². The number of hydrogen-bond donors (Lipinski definition) is 1. The molecule has 114 valence electrons. The Balaban J connectivity index is 1.99. The molecule has 2 aromatic rings. The first-order valence-corrected chi connectivity index (χ1v) is 8.58. The zero-order valence-corrected chi connectivity index (χ0v) is 14.3. The van der Waals surface area contributed by atoms with Crippen LogP contribution in [-0.2, 0) is 23.3 Å². The first-order valence-electron chi connectivity index (χ1n) is 7.76. The Morgan fingerprint density at radius 2 is 2.05 bits per heavy atom. The molecule has 21 heavy (non-hydrogen) atoms. The average molecular weight is 303 g/mol. The lowest BCUT2D eigenvalue weighted by molar-refractivity contribution is 0.185. The van der Waals surface area contributed by atoms with E-state index >= 15 is 0 Å². The second-order valence-electron chi connectivity index (χ2n) is 7.05. The third kappa shape index (κ3) is 3.31. The van der Waals surface area contributed by atoms with Crippen LogP contribution >= 0.6 is 11.3 Å². The molecule has 1 saturated carbocycles. The Bertz CT molecular complexity index is 634. The van der Waals surface area contributed by atoms with E-state index in [2.05, 4.69) is 44.3 Å². The minimum absolute atomic E-state index is 0.187. The highest BCUT2D eigenvalue weighted by atomic mass is 32.1. The lowest BCUT2D eigenvalue weighted by Gasteiger charge is -2.19. The van der Waals surface area contributed by atoms with E-state index in [4.69, 9.17) is 4.74 Å². The molecule has 1 fully saturated rings. The summed E-state index contributed by atoms with van der Waals surface area (Å²) in [7, 11) is 1.79. The summed E-state index contributed by atoms with van der Waals surface area (Å²) in [6.45, 7) is 8.49. The predicted octanol–water partition coefficient (Wildman–Crippen LogP) is 4.60. The molecule has 0 saturated heterocycles. The van der Waals surface area contributed by atoms with Crippen molar-refractivity contribution in [1.82, 2.24) is 5.32 Å². The molecule has 0 unspecified atom stereocenters. The number of ether oxygens (including phenoxy) is 1. The minimum Gasteiger partial charge on any atom is -0.380 e. The summed E-state index contributed by atoms with van der Waals surface area (Å²) >= 11 is 1.91. The van der Waals surface area contributed by atoms with Crippen LogP contribution in [0, 0.1) is 0 Å². The van der Waals surface area contributed by atoms with Gasteiger partial charge in [0.2, 0.25) is 0 Å². The molecular weight excluding hydrogens is 278 g/mol. The van der Waals surface area contributed by atoms with Crippen molar-refractivity contribution in [3.8, 4) is 0 Å². The van der Waals surface area contributed by atoms with E-state index in [0.29, 0.717) is 6.61 Å². The molecule has 0 atom stereocenters. The van der Waals surface area contributed by atoms with Crippen LogP contribution in [0.25, 0.3) is 10.1 Å². The monoisotopic (exact) mass is 303 g/mol. The van der Waals surface area contributed by atoms with Crippen molar-refractivity contribution < 1.29 is 4.74 Å². The molecule has 1 aliphatic carbocycles. The summed E-state index contributed by atoms with van der Waals surface area (Å²) in [5.41, 5.74) is 2.95. The Morgan fingerprint density at radius 1 is 1.29 bits per heavy atom. The van der Waals surface area contributed by atoms with Crippen molar-refractivity contribution >= 4 is 21.4 Å². The fourth-order valence-corrected chi connectivity index (χ4v) is 3.78. The molecule has 3 heteroatoms. The molecule has 1 aromatic heterocycles. The van der Waals surface area contributed by atoms with Crippen molar-refractivity contribution in [2.45, 2.75) is 58.2 Å². The Morgan fingerprint density at radius 3 is 2.67 bits per heavy atom. The van der Waals surface area contributed by atoms with Gasteiger partial charge in [-0.3, -0.25) is 0 Å². The van der Waals surface area contributed by atoms with Crippen LogP contribution < -0.4 is 5.32 Å². The summed E-state index contributed by atoms with van der Waals surface area (Å²) in [5, 5.41) is 5.01. The van der Waals surface area contributed by atoms with Gasteiger partial charge in [-0.05, 0) is 41.3 Å². The van der Waals surface area contributed by atoms with E-state index in [-0.39, 0.29) is 5.41 Å². The van der Waals surface area contributed by atoms with Gasteiger partial charge in [0.25, 0.3) is 0 Å². The van der Waals surface area contributed by atoms with Gasteiger partial charge in [-0.1, -0.05) is 26.8 Å². The van der Waals surface area contributed by atoms with Crippen LogP contribution in [-0.4, -0.2) is 13.2 Å². The Kier molecular flexibility index (Phi) is 4.08. The van der Waals surface area contributed by atoms with Crippen LogP contribution in [0.2, 0.25) is 0 Å². The van der Waals surface area contributed by atoms with Gasteiger partial charge in [-0.25, -0.2) is 0 Å². The molecule has 1 heterocycles. The third-order valence-electron chi connectivity index (χ3n) is 4.16. The molecule has 0 bridgehead atoms. The quantitative estimate of drug-likeness (QED) is 0.872. The van der Waals surface area contributed by atoms with Crippen LogP contribution in [0.3, 0.4) is 0 Å². The number of thiophene rings is 1. The number of benzene rings is 1. The Hall–Kier alpha value is -0.900. The van der Waals surface area contributed by atoms with E-state index in [1.54, 1.807) is 7.11 Å². The van der Waals surface area contributed by atoms with Crippen molar-refractivity contribution in [2.24, 2.45) is 0 Å². The second kappa shape index (κ2) is 5.71. The van der Waals surface area contributed by atoms with E-state index < -0.39 is 0 Å². The maximum Gasteiger partial charge on any atom is 0.0730 e. The van der Waals surface area contributed by atoms with E-state index in [9.17, 15) is 0 Å². The summed E-state index contributed by atoms with van der Waals surface area (Å²) in [6, 6.07) is 7.66. The number of methoxy groups -OCH3 is 1. The molecule has 0 radical (unpaired) electrons. The van der Waals surface area contributed by atoms with Crippen LogP contribution in [0.1, 0.15) is 49.6 Å². The molecule has 2 nitrogen and oxygen atoms in total. The smallest absolute Gasteiger partial charge is 0.0730 e. The molecule has 0 amide bonds. The molecular formula is C18H25NOS. The molecule has 0 aliphatic heterocycles. The summed E-state index contributed by atoms with van der Waals surface area (Å²) in [5.74, 6) is 0. The molecule has 3 rings (SSSR count). The molecule has 1 aliphatic rings. The van der Waals surface area contributed by atoms with Crippen molar-refractivity contribution in [3.63, 3.8) is 0 Å². The zero-order chi connectivity index (χ0) is 15.0. The SMILES string of the molecule is COCc1c(CNC2CC2)sc2ccc(C(C)(C)C)cc12. The first-order chi connectivity index (χ1) is 9.99. The number of nitrogens with one attached hydrogen (secondary N) is 1. The van der Waals surface area contributed by atoms with Crippen LogP contribution in [0.4, 0.5) is 0 Å². The van der Waals surface area contributed by atoms with Gasteiger partial charge in [0, 0.05) is 34.8 Å². The summed E-state index contributed by atoms with van der Waals surface area (Å²) in [6.07, 6.45) is 2.66. The van der Waals surface area contributed by atoms with Gasteiger partial charge in [0.05, 0.1) is 6.61 Å². The predicted molar refractivity (Wildman–Crippen MR) is 91.1 cm³/mol. The van der Waals surface area contributed by atoms with Gasteiger partial charge in [0.1, 0.15) is 0 Å². The molecule has 1 N–H and O–H groups in total.